The molecule has 0 bridgehead atoms. The molecule has 1 aromatic heterocycles. The number of nitrogens with zero attached hydrogens (tertiary/aromatic N) is 3. The molecular weight excluding hydrogens is 433 g/mol. The summed E-state index contributed by atoms with van der Waals surface area (Å²) in [5, 5.41) is 12.4. The first kappa shape index (κ1) is 21.3. The number of aromatic nitrogens is 3. The van der Waals surface area contributed by atoms with E-state index >= 15 is 0 Å². The van der Waals surface area contributed by atoms with E-state index in [1.165, 1.54) is 16.4 Å². The Morgan fingerprint density at radius 2 is 2.03 bits per heavy atom. The van der Waals surface area contributed by atoms with Gasteiger partial charge in [-0.1, -0.05) is 53.2 Å². The second-order valence-electron chi connectivity index (χ2n) is 6.12. The van der Waals surface area contributed by atoms with Gasteiger partial charge in [0.1, 0.15) is 5.75 Å². The molecule has 1 amide bonds. The van der Waals surface area contributed by atoms with E-state index in [1.807, 2.05) is 31.2 Å². The summed E-state index contributed by atoms with van der Waals surface area (Å²) in [4.78, 5) is 12.4. The molecule has 2 aromatic carbocycles. The number of carbonyl (C=O) groups excluding carboxylic acids is 1. The van der Waals surface area contributed by atoms with Crippen molar-refractivity contribution in [1.82, 2.24) is 20.2 Å². The fourth-order valence-corrected chi connectivity index (χ4v) is 3.91. The van der Waals surface area contributed by atoms with Crippen molar-refractivity contribution in [2.75, 3.05) is 18.7 Å². The Labute approximate surface area is 182 Å². The van der Waals surface area contributed by atoms with Crippen molar-refractivity contribution in [1.29, 1.82) is 0 Å². The highest BCUT2D eigenvalue weighted by Crippen LogP contribution is 2.30. The smallest absolute Gasteiger partial charge is 0.230 e. The van der Waals surface area contributed by atoms with Gasteiger partial charge in [-0.05, 0) is 31.2 Å². The van der Waals surface area contributed by atoms with E-state index in [-0.39, 0.29) is 17.7 Å². The van der Waals surface area contributed by atoms with Gasteiger partial charge in [-0.25, -0.2) is 4.68 Å². The number of carbonyl (C=O) groups is 1. The number of nitrogens with one attached hydrogen (secondary N) is 1. The lowest BCUT2D eigenvalue weighted by Gasteiger charge is -2.17. The van der Waals surface area contributed by atoms with Crippen LogP contribution in [0.15, 0.2) is 47.6 Å². The zero-order chi connectivity index (χ0) is 21.0. The van der Waals surface area contributed by atoms with Crippen molar-refractivity contribution in [2.24, 2.45) is 0 Å². The molecule has 0 aliphatic rings. The summed E-state index contributed by atoms with van der Waals surface area (Å²) in [6.45, 7) is 1.90. The second kappa shape index (κ2) is 9.39. The van der Waals surface area contributed by atoms with Gasteiger partial charge >= 0.3 is 0 Å². The van der Waals surface area contributed by atoms with Crippen LogP contribution < -0.4 is 15.9 Å². The maximum Gasteiger partial charge on any atom is 0.230 e. The first-order valence-corrected chi connectivity index (χ1v) is 10.4. The number of nitrogens with two attached hydrogens (primary N) is 1. The Hall–Kier alpha value is -2.42. The first-order chi connectivity index (χ1) is 13.9. The largest absolute Gasteiger partial charge is 0.496 e. The molecule has 0 saturated heterocycles. The van der Waals surface area contributed by atoms with E-state index in [1.54, 1.807) is 25.3 Å². The van der Waals surface area contributed by atoms with Gasteiger partial charge < -0.3 is 15.9 Å². The Morgan fingerprint density at radius 1 is 1.28 bits per heavy atom. The topological polar surface area (TPSA) is 95.1 Å². The molecule has 0 fully saturated rings. The van der Waals surface area contributed by atoms with E-state index < -0.39 is 0 Å². The summed E-state index contributed by atoms with van der Waals surface area (Å²) in [6.07, 6.45) is 0. The molecule has 1 atom stereocenters. The van der Waals surface area contributed by atoms with Crippen molar-refractivity contribution < 1.29 is 9.53 Å². The van der Waals surface area contributed by atoms with Crippen LogP contribution in [0.5, 0.6) is 5.75 Å². The zero-order valence-corrected chi connectivity index (χ0v) is 18.1. The van der Waals surface area contributed by atoms with Gasteiger partial charge in [-0.3, -0.25) is 4.79 Å². The van der Waals surface area contributed by atoms with E-state index in [4.69, 9.17) is 33.8 Å². The van der Waals surface area contributed by atoms with E-state index in [0.717, 1.165) is 11.3 Å². The molecule has 1 unspecified atom stereocenters. The predicted molar refractivity (Wildman–Crippen MR) is 116 cm³/mol. The van der Waals surface area contributed by atoms with Gasteiger partial charge in [-0.2, -0.15) is 0 Å². The van der Waals surface area contributed by atoms with Crippen molar-refractivity contribution in [2.45, 2.75) is 18.1 Å². The van der Waals surface area contributed by atoms with E-state index in [0.29, 0.717) is 26.6 Å². The van der Waals surface area contributed by atoms with Crippen LogP contribution >= 0.6 is 35.0 Å². The number of thioether (sulfide) groups is 1. The molecule has 29 heavy (non-hydrogen) atoms. The molecule has 0 radical (unpaired) electrons. The standard InChI is InChI=1S/C19H19Cl2N5O2S/c1-11(13-5-3-4-6-16(13)28-2)23-17(27)10-29-19-25-24-18(26(19)22)14-8-7-12(20)9-15(14)21/h3-9,11H,10,22H2,1-2H3,(H,23,27). The molecule has 10 heteroatoms. The molecule has 1 heterocycles. The number of methoxy groups -OCH3 is 1. The van der Waals surface area contributed by atoms with E-state index in [9.17, 15) is 4.79 Å². The minimum atomic E-state index is -0.210. The average Bonchev–Trinajstić information content (AvgIpc) is 3.06. The maximum absolute atomic E-state index is 12.4. The maximum atomic E-state index is 12.4. The summed E-state index contributed by atoms with van der Waals surface area (Å²) in [5.74, 6) is 7.16. The molecule has 152 valence electrons. The van der Waals surface area contributed by atoms with Gasteiger partial charge in [0, 0.05) is 16.1 Å². The molecule has 0 aliphatic heterocycles. The van der Waals surface area contributed by atoms with Crippen LogP contribution in [0.1, 0.15) is 18.5 Å². The van der Waals surface area contributed by atoms with Crippen molar-refractivity contribution in [3.8, 4) is 17.1 Å². The van der Waals surface area contributed by atoms with Crippen molar-refractivity contribution >= 4 is 40.9 Å². The molecule has 0 saturated carbocycles. The molecular formula is C19H19Cl2N5O2S. The number of benzene rings is 2. The molecule has 3 aromatic rings. The van der Waals surface area contributed by atoms with Crippen LogP contribution in [0.25, 0.3) is 11.4 Å². The highest BCUT2D eigenvalue weighted by molar-refractivity contribution is 7.99. The van der Waals surface area contributed by atoms with Crippen LogP contribution in [-0.2, 0) is 4.79 Å². The van der Waals surface area contributed by atoms with E-state index in [2.05, 4.69) is 15.5 Å². The highest BCUT2D eigenvalue weighted by atomic mass is 35.5. The lowest BCUT2D eigenvalue weighted by atomic mass is 10.1. The van der Waals surface area contributed by atoms with Gasteiger partial charge in [-0.15, -0.1) is 10.2 Å². The summed E-state index contributed by atoms with van der Waals surface area (Å²) in [6, 6.07) is 12.3. The van der Waals surface area contributed by atoms with Crippen LogP contribution in [0, 0.1) is 0 Å². The van der Waals surface area contributed by atoms with Gasteiger partial charge in [0.15, 0.2) is 5.82 Å². The highest BCUT2D eigenvalue weighted by Gasteiger charge is 2.18. The van der Waals surface area contributed by atoms with Gasteiger partial charge in [0.05, 0.1) is 23.9 Å². The van der Waals surface area contributed by atoms with Crippen LogP contribution in [0.4, 0.5) is 0 Å². The average molecular weight is 452 g/mol. The monoisotopic (exact) mass is 451 g/mol. The van der Waals surface area contributed by atoms with Crippen molar-refractivity contribution in [3.05, 3.63) is 58.1 Å². The molecule has 0 spiro atoms. The minimum absolute atomic E-state index is 0.128. The summed E-state index contributed by atoms with van der Waals surface area (Å²) < 4.78 is 6.64. The summed E-state index contributed by atoms with van der Waals surface area (Å²) in [7, 11) is 1.60. The number of para-hydroxylation sites is 1. The minimum Gasteiger partial charge on any atom is -0.496 e. The molecule has 3 N–H and O–H groups in total. The number of hydrogen-bond donors (Lipinski definition) is 2. The SMILES string of the molecule is COc1ccccc1C(C)NC(=O)CSc1nnc(-c2ccc(Cl)cc2Cl)n1N. The quantitative estimate of drug-likeness (QED) is 0.417. The second-order valence-corrected chi connectivity index (χ2v) is 7.91. The molecule has 0 aliphatic carbocycles. The number of ether oxygens (including phenoxy) is 1. The number of halogens is 2. The number of nitrogen functional groups attached to an aromatic ring is 1. The van der Waals surface area contributed by atoms with Gasteiger partial charge in [0.2, 0.25) is 11.1 Å². The third kappa shape index (κ3) is 4.95. The Balaban J connectivity index is 1.64. The lowest BCUT2D eigenvalue weighted by molar-refractivity contribution is -0.119. The summed E-state index contributed by atoms with van der Waals surface area (Å²) in [5.41, 5.74) is 1.50. The number of rotatable bonds is 7. The van der Waals surface area contributed by atoms with Crippen molar-refractivity contribution in [3.63, 3.8) is 0 Å². The first-order valence-electron chi connectivity index (χ1n) is 8.61. The zero-order valence-electron chi connectivity index (χ0n) is 15.7. The van der Waals surface area contributed by atoms with Crippen LogP contribution in [0.3, 0.4) is 0 Å². The fourth-order valence-electron chi connectivity index (χ4n) is 2.75. The third-order valence-electron chi connectivity index (χ3n) is 4.15. The van der Waals surface area contributed by atoms with Crippen LogP contribution in [0.2, 0.25) is 10.0 Å². The molecule has 7 nitrogen and oxygen atoms in total. The molecule has 3 rings (SSSR count). The Morgan fingerprint density at radius 3 is 2.76 bits per heavy atom. The normalized spacial score (nSPS) is 11.9. The van der Waals surface area contributed by atoms with Crippen LogP contribution in [-0.4, -0.2) is 33.6 Å². The predicted octanol–water partition coefficient (Wildman–Crippen LogP) is 3.94. The third-order valence-corrected chi connectivity index (χ3v) is 5.64. The summed E-state index contributed by atoms with van der Waals surface area (Å²) >= 11 is 13.3. The lowest BCUT2D eigenvalue weighted by Crippen LogP contribution is -2.28. The Kier molecular flexibility index (Phi) is 6.89. The number of hydrogen-bond acceptors (Lipinski definition) is 6. The fraction of sp³-hybridized carbons (Fsp3) is 0.211. The Bertz CT molecular complexity index is 1030. The number of amides is 1. The van der Waals surface area contributed by atoms with Gasteiger partial charge in [0.25, 0.3) is 0 Å².